The van der Waals surface area contributed by atoms with Crippen molar-refractivity contribution in [1.82, 2.24) is 4.98 Å². The molecule has 2 aromatic rings. The lowest BCUT2D eigenvalue weighted by atomic mass is 9.68. The maximum atomic E-state index is 13.0. The second kappa shape index (κ2) is 6.53. The lowest BCUT2D eigenvalue weighted by Gasteiger charge is -2.38. The summed E-state index contributed by atoms with van der Waals surface area (Å²) in [6, 6.07) is 10.1. The molecule has 1 aromatic carbocycles. The number of carbonyl (C=O) groups is 2. The van der Waals surface area contributed by atoms with Crippen LogP contribution in [-0.2, 0) is 10.4 Å². The summed E-state index contributed by atoms with van der Waals surface area (Å²) in [5, 5.41) is 11.2. The number of aliphatic hydroxyl groups is 1. The van der Waals surface area contributed by atoms with Crippen molar-refractivity contribution >= 4 is 11.6 Å². The minimum absolute atomic E-state index is 0.0342. The van der Waals surface area contributed by atoms with Crippen LogP contribution in [0.4, 0.5) is 0 Å². The molecule has 3 rings (SSSR count). The minimum atomic E-state index is -1.49. The number of pyridine rings is 1. The average Bonchev–Trinajstić information content (AvgIpc) is 2.62. The van der Waals surface area contributed by atoms with Gasteiger partial charge in [0.15, 0.2) is 5.78 Å². The molecule has 1 N–H and O–H groups in total. The smallest absolute Gasteiger partial charge is 0.169 e. The molecule has 0 unspecified atom stereocenters. The highest BCUT2D eigenvalue weighted by atomic mass is 16.5. The largest absolute Gasteiger partial charge is 0.497 e. The molecule has 0 saturated heterocycles. The van der Waals surface area contributed by atoms with E-state index < -0.39 is 11.5 Å². The van der Waals surface area contributed by atoms with Crippen LogP contribution in [0.15, 0.2) is 48.8 Å². The second-order valence-corrected chi connectivity index (χ2v) is 6.06. The topological polar surface area (TPSA) is 76.5 Å². The zero-order valence-corrected chi connectivity index (χ0v) is 13.4. The zero-order valence-electron chi connectivity index (χ0n) is 13.4. The van der Waals surface area contributed by atoms with Crippen molar-refractivity contribution in [3.8, 4) is 5.75 Å². The number of rotatable bonds is 4. The van der Waals surface area contributed by atoms with Crippen LogP contribution >= 0.6 is 0 Å². The lowest BCUT2D eigenvalue weighted by Crippen LogP contribution is -2.45. The van der Waals surface area contributed by atoms with Crippen LogP contribution < -0.4 is 4.74 Å². The zero-order chi connectivity index (χ0) is 17.2. The molecule has 1 heterocycles. The first-order valence-corrected chi connectivity index (χ1v) is 7.87. The molecule has 1 saturated carbocycles. The molecule has 24 heavy (non-hydrogen) atoms. The number of aromatic nitrogens is 1. The van der Waals surface area contributed by atoms with E-state index in [0.29, 0.717) is 29.7 Å². The molecule has 2 atom stereocenters. The van der Waals surface area contributed by atoms with Gasteiger partial charge in [-0.25, -0.2) is 0 Å². The second-order valence-electron chi connectivity index (χ2n) is 6.06. The number of methoxy groups -OCH3 is 1. The van der Waals surface area contributed by atoms with Crippen LogP contribution in [0.1, 0.15) is 35.2 Å². The third-order valence-corrected chi connectivity index (χ3v) is 4.63. The van der Waals surface area contributed by atoms with E-state index in [1.165, 1.54) is 0 Å². The number of hydrogen-bond donors (Lipinski definition) is 1. The summed E-state index contributed by atoms with van der Waals surface area (Å²) >= 11 is 0. The number of ketones is 2. The molecule has 1 aliphatic rings. The standard InChI is InChI=1S/C19H19NO4/c1-24-16-5-2-13(3-6-16)18(22)17-7-4-15(21)12-19(17,23)14-8-10-20-11-9-14/h2-3,5-6,8-11,17,23H,4,7,12H2,1H3/t17-,19+/m1/s1. The van der Waals surface area contributed by atoms with E-state index in [1.807, 2.05) is 0 Å². The molecular formula is C19H19NO4. The van der Waals surface area contributed by atoms with E-state index in [4.69, 9.17) is 4.74 Å². The first kappa shape index (κ1) is 16.3. The molecule has 0 amide bonds. The predicted octanol–water partition coefficient (Wildman–Crippen LogP) is 2.53. The Hall–Kier alpha value is -2.53. The quantitative estimate of drug-likeness (QED) is 0.874. The van der Waals surface area contributed by atoms with Gasteiger partial charge in [0.05, 0.1) is 13.0 Å². The fourth-order valence-corrected chi connectivity index (χ4v) is 3.30. The fraction of sp³-hybridized carbons (Fsp3) is 0.316. The number of ether oxygens (including phenoxy) is 1. The Morgan fingerprint density at radius 1 is 1.21 bits per heavy atom. The van der Waals surface area contributed by atoms with Crippen molar-refractivity contribution in [2.24, 2.45) is 5.92 Å². The Bertz CT molecular complexity index is 742. The Morgan fingerprint density at radius 2 is 1.88 bits per heavy atom. The van der Waals surface area contributed by atoms with Gasteiger partial charge < -0.3 is 9.84 Å². The van der Waals surface area contributed by atoms with Gasteiger partial charge in [0.2, 0.25) is 0 Å². The molecule has 1 fully saturated rings. The van der Waals surface area contributed by atoms with Crippen LogP contribution in [0.5, 0.6) is 5.75 Å². The van der Waals surface area contributed by atoms with E-state index in [2.05, 4.69) is 4.98 Å². The third-order valence-electron chi connectivity index (χ3n) is 4.63. The fourth-order valence-electron chi connectivity index (χ4n) is 3.30. The van der Waals surface area contributed by atoms with Crippen LogP contribution in [0.3, 0.4) is 0 Å². The first-order valence-electron chi connectivity index (χ1n) is 7.87. The Kier molecular flexibility index (Phi) is 4.44. The number of benzene rings is 1. The van der Waals surface area contributed by atoms with Gasteiger partial charge >= 0.3 is 0 Å². The van der Waals surface area contributed by atoms with E-state index in [0.717, 1.165) is 0 Å². The van der Waals surface area contributed by atoms with Gasteiger partial charge in [-0.3, -0.25) is 14.6 Å². The number of carbonyl (C=O) groups excluding carboxylic acids is 2. The monoisotopic (exact) mass is 325 g/mol. The molecule has 124 valence electrons. The summed E-state index contributed by atoms with van der Waals surface area (Å²) in [6.45, 7) is 0. The van der Waals surface area contributed by atoms with Crippen LogP contribution in [0.2, 0.25) is 0 Å². The van der Waals surface area contributed by atoms with Gasteiger partial charge in [0, 0.05) is 30.8 Å². The lowest BCUT2D eigenvalue weighted by molar-refractivity contribution is -0.131. The predicted molar refractivity (Wildman–Crippen MR) is 87.8 cm³/mol. The summed E-state index contributed by atoms with van der Waals surface area (Å²) < 4.78 is 5.11. The van der Waals surface area contributed by atoms with Gasteiger partial charge in [-0.05, 0) is 48.4 Å². The van der Waals surface area contributed by atoms with Crippen molar-refractivity contribution in [2.45, 2.75) is 24.9 Å². The molecule has 1 aromatic heterocycles. The summed E-state index contributed by atoms with van der Waals surface area (Å²) in [4.78, 5) is 28.8. The summed E-state index contributed by atoms with van der Waals surface area (Å²) in [5.41, 5.74) is -0.435. The highest BCUT2D eigenvalue weighted by Crippen LogP contribution is 2.42. The summed E-state index contributed by atoms with van der Waals surface area (Å²) in [5.74, 6) is -0.196. The Balaban J connectivity index is 1.96. The van der Waals surface area contributed by atoms with Gasteiger partial charge in [0.25, 0.3) is 0 Å². The van der Waals surface area contributed by atoms with Gasteiger partial charge in [-0.1, -0.05) is 0 Å². The Morgan fingerprint density at radius 3 is 2.50 bits per heavy atom. The molecule has 0 spiro atoms. The molecule has 5 nitrogen and oxygen atoms in total. The van der Waals surface area contributed by atoms with Gasteiger partial charge in [0.1, 0.15) is 17.1 Å². The van der Waals surface area contributed by atoms with Gasteiger partial charge in [-0.15, -0.1) is 0 Å². The molecule has 0 radical (unpaired) electrons. The van der Waals surface area contributed by atoms with E-state index in [1.54, 1.807) is 55.9 Å². The van der Waals surface area contributed by atoms with Crippen molar-refractivity contribution in [1.29, 1.82) is 0 Å². The number of hydrogen-bond acceptors (Lipinski definition) is 5. The maximum Gasteiger partial charge on any atom is 0.169 e. The third kappa shape index (κ3) is 2.95. The molecule has 0 aliphatic heterocycles. The summed E-state index contributed by atoms with van der Waals surface area (Å²) in [7, 11) is 1.56. The highest BCUT2D eigenvalue weighted by molar-refractivity contribution is 6.00. The maximum absolute atomic E-state index is 13.0. The van der Waals surface area contributed by atoms with Crippen LogP contribution in [0, 0.1) is 5.92 Å². The first-order chi connectivity index (χ1) is 11.5. The number of Topliss-reactive ketones (excluding diaryl/α,β-unsaturated/α-hetero) is 2. The van der Waals surface area contributed by atoms with E-state index >= 15 is 0 Å². The van der Waals surface area contributed by atoms with Crippen LogP contribution in [-0.4, -0.2) is 28.8 Å². The SMILES string of the molecule is COc1ccc(C(=O)[C@H]2CCC(=O)C[C@]2(O)c2ccncc2)cc1. The van der Waals surface area contributed by atoms with Crippen LogP contribution in [0.25, 0.3) is 0 Å². The Labute approximate surface area is 140 Å². The van der Waals surface area contributed by atoms with Crippen molar-refractivity contribution < 1.29 is 19.4 Å². The van der Waals surface area contributed by atoms with Crippen molar-refractivity contribution in [2.75, 3.05) is 7.11 Å². The molecule has 5 heteroatoms. The number of nitrogens with zero attached hydrogens (tertiary/aromatic N) is 1. The molecule has 0 bridgehead atoms. The highest BCUT2D eigenvalue weighted by Gasteiger charge is 2.47. The van der Waals surface area contributed by atoms with E-state index in [-0.39, 0.29) is 18.0 Å². The molecule has 1 aliphatic carbocycles. The van der Waals surface area contributed by atoms with E-state index in [9.17, 15) is 14.7 Å². The normalized spacial score (nSPS) is 23.8. The average molecular weight is 325 g/mol. The van der Waals surface area contributed by atoms with Crippen molar-refractivity contribution in [3.05, 3.63) is 59.9 Å². The summed E-state index contributed by atoms with van der Waals surface area (Å²) in [6.07, 6.45) is 3.70. The van der Waals surface area contributed by atoms with Gasteiger partial charge in [-0.2, -0.15) is 0 Å². The minimum Gasteiger partial charge on any atom is -0.497 e. The van der Waals surface area contributed by atoms with Crippen molar-refractivity contribution in [3.63, 3.8) is 0 Å². The molecular weight excluding hydrogens is 306 g/mol.